The molecule has 2 aromatic carbocycles. The molecule has 4 rings (SSSR count). The van der Waals surface area contributed by atoms with E-state index in [2.05, 4.69) is 25.9 Å². The van der Waals surface area contributed by atoms with Crippen molar-refractivity contribution in [1.29, 1.82) is 0 Å². The monoisotopic (exact) mass is 443 g/mol. The zero-order valence-corrected chi connectivity index (χ0v) is 17.4. The Balaban J connectivity index is 1.39. The fourth-order valence-corrected chi connectivity index (χ4v) is 4.25. The minimum absolute atomic E-state index is 0.201. The van der Waals surface area contributed by atoms with E-state index in [-0.39, 0.29) is 11.6 Å². The molecule has 0 aliphatic carbocycles. The van der Waals surface area contributed by atoms with Crippen LogP contribution in [0.2, 0.25) is 5.02 Å². The Bertz CT molecular complexity index is 1200. The molecule has 0 radical (unpaired) electrons. The molecule has 29 heavy (non-hydrogen) atoms. The Kier molecular flexibility index (Phi) is 5.43. The van der Waals surface area contributed by atoms with E-state index in [0.29, 0.717) is 21.0 Å². The molecule has 2 heterocycles. The lowest BCUT2D eigenvalue weighted by Gasteiger charge is -2.05. The van der Waals surface area contributed by atoms with Crippen LogP contribution in [0.15, 0.2) is 47.8 Å². The zero-order chi connectivity index (χ0) is 20.4. The molecular formula is C19H14ClN5O2S2. The molecular weight excluding hydrogens is 430 g/mol. The SMILES string of the molecule is Cc1ccc2nc(NC(=O)c3csc(NC(=O)Nc4ccc(Cl)cc4)n3)sc2c1. The number of thiazole rings is 2. The van der Waals surface area contributed by atoms with Crippen LogP contribution in [0, 0.1) is 6.92 Å². The number of benzene rings is 2. The van der Waals surface area contributed by atoms with Crippen LogP contribution in [-0.2, 0) is 0 Å². The number of hydrogen-bond acceptors (Lipinski definition) is 6. The Hall–Kier alpha value is -3.01. The number of carbonyl (C=O) groups excluding carboxylic acids is 2. The highest BCUT2D eigenvalue weighted by atomic mass is 35.5. The van der Waals surface area contributed by atoms with Gasteiger partial charge in [0.05, 0.1) is 10.2 Å². The molecule has 4 aromatic rings. The number of anilines is 3. The summed E-state index contributed by atoms with van der Waals surface area (Å²) in [5.74, 6) is -0.386. The predicted octanol–water partition coefficient (Wildman–Crippen LogP) is 5.61. The third kappa shape index (κ3) is 4.70. The Morgan fingerprint density at radius 1 is 0.966 bits per heavy atom. The van der Waals surface area contributed by atoms with Gasteiger partial charge in [0, 0.05) is 16.1 Å². The Morgan fingerprint density at radius 2 is 1.76 bits per heavy atom. The molecule has 0 spiro atoms. The minimum atomic E-state index is -0.463. The number of urea groups is 1. The molecule has 0 aliphatic heterocycles. The van der Waals surface area contributed by atoms with Crippen LogP contribution in [0.1, 0.15) is 16.1 Å². The van der Waals surface area contributed by atoms with Crippen LogP contribution in [-0.4, -0.2) is 21.9 Å². The van der Waals surface area contributed by atoms with Gasteiger partial charge < -0.3 is 5.32 Å². The summed E-state index contributed by atoms with van der Waals surface area (Å²) >= 11 is 8.37. The molecule has 0 aliphatic rings. The lowest BCUT2D eigenvalue weighted by molar-refractivity contribution is 0.102. The highest BCUT2D eigenvalue weighted by Gasteiger charge is 2.15. The fourth-order valence-electron chi connectivity index (χ4n) is 2.47. The molecule has 0 fully saturated rings. The average molecular weight is 444 g/mol. The molecule has 0 bridgehead atoms. The summed E-state index contributed by atoms with van der Waals surface area (Å²) < 4.78 is 1.000. The predicted molar refractivity (Wildman–Crippen MR) is 119 cm³/mol. The number of fused-ring (bicyclic) bond motifs is 1. The van der Waals surface area contributed by atoms with E-state index in [0.717, 1.165) is 27.1 Å². The van der Waals surface area contributed by atoms with E-state index in [1.54, 1.807) is 29.6 Å². The molecule has 2 aromatic heterocycles. The van der Waals surface area contributed by atoms with Crippen LogP contribution in [0.3, 0.4) is 0 Å². The minimum Gasteiger partial charge on any atom is -0.308 e. The number of rotatable bonds is 4. The van der Waals surface area contributed by atoms with Gasteiger partial charge in [0.2, 0.25) is 0 Å². The van der Waals surface area contributed by atoms with E-state index >= 15 is 0 Å². The van der Waals surface area contributed by atoms with Crippen LogP contribution in [0.5, 0.6) is 0 Å². The quantitative estimate of drug-likeness (QED) is 0.382. The average Bonchev–Trinajstić information content (AvgIpc) is 3.29. The number of amides is 3. The van der Waals surface area contributed by atoms with Gasteiger partial charge in [-0.05, 0) is 48.9 Å². The molecule has 0 saturated heterocycles. The van der Waals surface area contributed by atoms with Crippen molar-refractivity contribution in [3.8, 4) is 0 Å². The van der Waals surface area contributed by atoms with Crippen LogP contribution in [0.4, 0.5) is 20.7 Å². The molecule has 3 N–H and O–H groups in total. The van der Waals surface area contributed by atoms with Gasteiger partial charge >= 0.3 is 6.03 Å². The molecule has 3 amide bonds. The van der Waals surface area contributed by atoms with E-state index < -0.39 is 6.03 Å². The summed E-state index contributed by atoms with van der Waals surface area (Å²) in [6.07, 6.45) is 0. The molecule has 10 heteroatoms. The standard InChI is InChI=1S/C19H14ClN5O2S2/c1-10-2-7-13-15(8-10)29-19(22-13)24-16(26)14-9-28-18(23-14)25-17(27)21-12-5-3-11(20)4-6-12/h2-9H,1H3,(H,22,24,26)(H2,21,23,25,27). The summed E-state index contributed by atoms with van der Waals surface area (Å²) in [5, 5.41) is 11.0. The second-order valence-electron chi connectivity index (χ2n) is 6.07. The summed E-state index contributed by atoms with van der Waals surface area (Å²) in [7, 11) is 0. The summed E-state index contributed by atoms with van der Waals surface area (Å²) in [6, 6.07) is 12.2. The van der Waals surface area contributed by atoms with Gasteiger partial charge in [0.1, 0.15) is 5.69 Å². The van der Waals surface area contributed by atoms with Crippen molar-refractivity contribution in [2.45, 2.75) is 6.92 Å². The Labute approximate surface area is 178 Å². The zero-order valence-electron chi connectivity index (χ0n) is 15.0. The second-order valence-corrected chi connectivity index (χ2v) is 8.39. The van der Waals surface area contributed by atoms with Crippen molar-refractivity contribution >= 4 is 72.4 Å². The number of aromatic nitrogens is 2. The van der Waals surface area contributed by atoms with E-state index in [1.165, 1.54) is 11.3 Å². The molecule has 146 valence electrons. The summed E-state index contributed by atoms with van der Waals surface area (Å²) in [6.45, 7) is 2.00. The van der Waals surface area contributed by atoms with Gasteiger partial charge in [-0.15, -0.1) is 11.3 Å². The van der Waals surface area contributed by atoms with Crippen molar-refractivity contribution in [2.75, 3.05) is 16.0 Å². The second kappa shape index (κ2) is 8.16. The maximum absolute atomic E-state index is 12.4. The normalized spacial score (nSPS) is 10.7. The van der Waals surface area contributed by atoms with Gasteiger partial charge in [-0.2, -0.15) is 0 Å². The number of halogens is 1. The van der Waals surface area contributed by atoms with Gasteiger partial charge in [-0.3, -0.25) is 15.4 Å². The first-order valence-electron chi connectivity index (χ1n) is 8.44. The molecule has 0 unspecified atom stereocenters. The lowest BCUT2D eigenvalue weighted by atomic mass is 10.2. The first kappa shape index (κ1) is 19.3. The van der Waals surface area contributed by atoms with E-state index in [4.69, 9.17) is 11.6 Å². The lowest BCUT2D eigenvalue weighted by Crippen LogP contribution is -2.19. The van der Waals surface area contributed by atoms with E-state index in [9.17, 15) is 9.59 Å². The first-order valence-corrected chi connectivity index (χ1v) is 10.5. The number of carbonyl (C=O) groups is 2. The third-order valence-electron chi connectivity index (χ3n) is 3.82. The largest absolute Gasteiger partial charge is 0.325 e. The van der Waals surface area contributed by atoms with Crippen molar-refractivity contribution in [3.63, 3.8) is 0 Å². The van der Waals surface area contributed by atoms with Crippen LogP contribution < -0.4 is 16.0 Å². The van der Waals surface area contributed by atoms with Crippen molar-refractivity contribution < 1.29 is 9.59 Å². The maximum Gasteiger partial charge on any atom is 0.325 e. The van der Waals surface area contributed by atoms with Crippen molar-refractivity contribution in [1.82, 2.24) is 9.97 Å². The molecule has 7 nitrogen and oxygen atoms in total. The summed E-state index contributed by atoms with van der Waals surface area (Å²) in [4.78, 5) is 33.1. The van der Waals surface area contributed by atoms with Gasteiger partial charge in [-0.25, -0.2) is 14.8 Å². The topological polar surface area (TPSA) is 96.0 Å². The number of nitrogens with zero attached hydrogens (tertiary/aromatic N) is 2. The maximum atomic E-state index is 12.4. The highest BCUT2D eigenvalue weighted by Crippen LogP contribution is 2.27. The smallest absolute Gasteiger partial charge is 0.308 e. The number of hydrogen-bond donors (Lipinski definition) is 3. The third-order valence-corrected chi connectivity index (χ3v) is 5.77. The van der Waals surface area contributed by atoms with Crippen LogP contribution >= 0.6 is 34.3 Å². The Morgan fingerprint density at radius 3 is 2.55 bits per heavy atom. The van der Waals surface area contributed by atoms with Crippen molar-refractivity contribution in [3.05, 3.63) is 64.1 Å². The van der Waals surface area contributed by atoms with Gasteiger partial charge in [-0.1, -0.05) is 29.0 Å². The van der Waals surface area contributed by atoms with E-state index in [1.807, 2.05) is 25.1 Å². The summed E-state index contributed by atoms with van der Waals surface area (Å²) in [5.41, 5.74) is 2.75. The molecule has 0 saturated carbocycles. The number of aryl methyl sites for hydroxylation is 1. The highest BCUT2D eigenvalue weighted by molar-refractivity contribution is 7.22. The number of nitrogens with one attached hydrogen (secondary N) is 3. The molecule has 0 atom stereocenters. The van der Waals surface area contributed by atoms with Crippen molar-refractivity contribution in [2.24, 2.45) is 0 Å². The van der Waals surface area contributed by atoms with Gasteiger partial charge in [0.25, 0.3) is 5.91 Å². The van der Waals surface area contributed by atoms with Gasteiger partial charge in [0.15, 0.2) is 10.3 Å². The first-order chi connectivity index (χ1) is 14.0. The fraction of sp³-hybridized carbons (Fsp3) is 0.0526. The van der Waals surface area contributed by atoms with Crippen LogP contribution in [0.25, 0.3) is 10.2 Å².